The van der Waals surface area contributed by atoms with Crippen molar-refractivity contribution >= 4 is 11.6 Å². The first-order chi connectivity index (χ1) is 7.50. The zero-order valence-corrected chi connectivity index (χ0v) is 10.3. The van der Waals surface area contributed by atoms with Crippen LogP contribution in [-0.4, -0.2) is 17.3 Å². The van der Waals surface area contributed by atoms with Crippen LogP contribution in [0.25, 0.3) is 0 Å². The van der Waals surface area contributed by atoms with Crippen LogP contribution < -0.4 is 5.32 Å². The Bertz CT molecular complexity index is 353. The Morgan fingerprint density at radius 3 is 2.69 bits per heavy atom. The fourth-order valence-electron chi connectivity index (χ4n) is 1.26. The molecule has 0 saturated heterocycles. The summed E-state index contributed by atoms with van der Waals surface area (Å²) in [5.41, 5.74) is 0.598. The summed E-state index contributed by atoms with van der Waals surface area (Å²) in [7, 11) is 0. The first kappa shape index (κ1) is 13.4. The van der Waals surface area contributed by atoms with Crippen LogP contribution in [0.4, 0.5) is 4.39 Å². The minimum Gasteiger partial charge on any atom is -0.394 e. The van der Waals surface area contributed by atoms with Crippen molar-refractivity contribution in [1.82, 2.24) is 5.32 Å². The highest BCUT2D eigenvalue weighted by Gasteiger charge is 2.19. The molecule has 1 aromatic carbocycles. The molecule has 0 amide bonds. The monoisotopic (exact) mass is 245 g/mol. The maximum atomic E-state index is 12.9. The number of hydrogen-bond donors (Lipinski definition) is 2. The minimum atomic E-state index is -0.411. The van der Waals surface area contributed by atoms with Gasteiger partial charge in [-0.2, -0.15) is 0 Å². The van der Waals surface area contributed by atoms with Gasteiger partial charge in [0.05, 0.1) is 11.6 Å². The maximum absolute atomic E-state index is 12.9. The SMILES string of the molecule is CCC(C)(CO)NCc1ccc(F)c(Cl)c1. The number of nitrogens with one attached hydrogen (secondary N) is 1. The van der Waals surface area contributed by atoms with Gasteiger partial charge in [0, 0.05) is 12.1 Å². The first-order valence-corrected chi connectivity index (χ1v) is 5.68. The molecule has 1 atom stereocenters. The van der Waals surface area contributed by atoms with E-state index in [1.54, 1.807) is 12.1 Å². The van der Waals surface area contributed by atoms with Crippen LogP contribution in [0.1, 0.15) is 25.8 Å². The van der Waals surface area contributed by atoms with Crippen LogP contribution >= 0.6 is 11.6 Å². The highest BCUT2D eigenvalue weighted by Crippen LogP contribution is 2.17. The van der Waals surface area contributed by atoms with Gasteiger partial charge in [-0.25, -0.2) is 4.39 Å². The molecule has 0 aliphatic heterocycles. The molecule has 1 aromatic rings. The van der Waals surface area contributed by atoms with Crippen molar-refractivity contribution < 1.29 is 9.50 Å². The lowest BCUT2D eigenvalue weighted by Crippen LogP contribution is -2.44. The van der Waals surface area contributed by atoms with E-state index in [1.807, 2.05) is 13.8 Å². The van der Waals surface area contributed by atoms with E-state index in [-0.39, 0.29) is 17.2 Å². The lowest BCUT2D eigenvalue weighted by atomic mass is 10.00. The Labute approximate surface area is 100 Å². The number of aliphatic hydroxyl groups is 1. The van der Waals surface area contributed by atoms with Crippen LogP contribution in [-0.2, 0) is 6.54 Å². The average molecular weight is 246 g/mol. The van der Waals surface area contributed by atoms with Gasteiger partial charge in [0.15, 0.2) is 0 Å². The standard InChI is InChI=1S/C12H17ClFNO/c1-3-12(2,8-16)15-7-9-4-5-11(14)10(13)6-9/h4-6,15-16H,3,7-8H2,1-2H3. The highest BCUT2D eigenvalue weighted by atomic mass is 35.5. The summed E-state index contributed by atoms with van der Waals surface area (Å²) in [6.45, 7) is 4.57. The first-order valence-electron chi connectivity index (χ1n) is 5.30. The number of hydrogen-bond acceptors (Lipinski definition) is 2. The molecule has 90 valence electrons. The van der Waals surface area contributed by atoms with E-state index in [4.69, 9.17) is 11.6 Å². The Kier molecular flexibility index (Phi) is 4.71. The molecule has 0 spiro atoms. The summed E-state index contributed by atoms with van der Waals surface area (Å²) in [4.78, 5) is 0. The number of rotatable bonds is 5. The predicted octanol–water partition coefficient (Wildman–Crippen LogP) is 2.73. The molecule has 0 bridgehead atoms. The van der Waals surface area contributed by atoms with E-state index in [0.29, 0.717) is 6.54 Å². The number of benzene rings is 1. The normalized spacial score (nSPS) is 14.8. The second kappa shape index (κ2) is 5.62. The predicted molar refractivity (Wildman–Crippen MR) is 64.0 cm³/mol. The van der Waals surface area contributed by atoms with Gasteiger partial charge >= 0.3 is 0 Å². The van der Waals surface area contributed by atoms with Gasteiger partial charge in [0.2, 0.25) is 0 Å². The lowest BCUT2D eigenvalue weighted by Gasteiger charge is -2.27. The van der Waals surface area contributed by atoms with E-state index in [2.05, 4.69) is 5.32 Å². The smallest absolute Gasteiger partial charge is 0.141 e. The quantitative estimate of drug-likeness (QED) is 0.836. The van der Waals surface area contributed by atoms with Crippen molar-refractivity contribution in [2.45, 2.75) is 32.4 Å². The van der Waals surface area contributed by atoms with E-state index < -0.39 is 5.82 Å². The molecule has 1 unspecified atom stereocenters. The summed E-state index contributed by atoms with van der Waals surface area (Å²) in [5.74, 6) is -0.411. The van der Waals surface area contributed by atoms with Crippen LogP contribution in [0.2, 0.25) is 5.02 Å². The van der Waals surface area contributed by atoms with Crippen molar-refractivity contribution in [2.75, 3.05) is 6.61 Å². The second-order valence-corrected chi connectivity index (χ2v) is 4.58. The molecule has 0 saturated carbocycles. The molecule has 1 rings (SSSR count). The van der Waals surface area contributed by atoms with E-state index in [9.17, 15) is 9.50 Å². The van der Waals surface area contributed by atoms with Crippen LogP contribution in [0.3, 0.4) is 0 Å². The van der Waals surface area contributed by atoms with Crippen LogP contribution in [0, 0.1) is 5.82 Å². The molecule has 0 aliphatic carbocycles. The third kappa shape index (κ3) is 3.44. The largest absolute Gasteiger partial charge is 0.394 e. The Morgan fingerprint density at radius 1 is 1.50 bits per heavy atom. The highest BCUT2D eigenvalue weighted by molar-refractivity contribution is 6.30. The van der Waals surface area contributed by atoms with Crippen molar-refractivity contribution in [2.24, 2.45) is 0 Å². The third-order valence-corrected chi connectivity index (χ3v) is 3.12. The Hall–Kier alpha value is -0.640. The molecule has 0 aromatic heterocycles. The summed E-state index contributed by atoms with van der Waals surface area (Å²) >= 11 is 5.68. The molecule has 0 heterocycles. The average Bonchev–Trinajstić information content (AvgIpc) is 2.30. The molecule has 0 radical (unpaired) electrons. The van der Waals surface area contributed by atoms with Crippen LogP contribution in [0.15, 0.2) is 18.2 Å². The van der Waals surface area contributed by atoms with Gasteiger partial charge in [0.1, 0.15) is 5.82 Å². The van der Waals surface area contributed by atoms with Crippen molar-refractivity contribution in [3.05, 3.63) is 34.6 Å². The summed E-state index contributed by atoms with van der Waals surface area (Å²) in [5, 5.41) is 12.6. The number of aliphatic hydroxyl groups excluding tert-OH is 1. The topological polar surface area (TPSA) is 32.3 Å². The zero-order chi connectivity index (χ0) is 12.2. The molecule has 0 aliphatic rings. The van der Waals surface area contributed by atoms with E-state index in [1.165, 1.54) is 6.07 Å². The minimum absolute atomic E-state index is 0.0679. The van der Waals surface area contributed by atoms with Gasteiger partial charge in [-0.1, -0.05) is 24.6 Å². The molecule has 4 heteroatoms. The van der Waals surface area contributed by atoms with Crippen molar-refractivity contribution in [1.29, 1.82) is 0 Å². The van der Waals surface area contributed by atoms with Crippen molar-refractivity contribution in [3.8, 4) is 0 Å². The van der Waals surface area contributed by atoms with Gasteiger partial charge in [-0.05, 0) is 31.0 Å². The lowest BCUT2D eigenvalue weighted by molar-refractivity contribution is 0.169. The van der Waals surface area contributed by atoms with Gasteiger partial charge in [0.25, 0.3) is 0 Å². The summed E-state index contributed by atoms with van der Waals surface area (Å²) in [6, 6.07) is 4.63. The molecular formula is C12H17ClFNO. The molecule has 0 fully saturated rings. The van der Waals surface area contributed by atoms with Gasteiger partial charge in [-0.15, -0.1) is 0 Å². The van der Waals surface area contributed by atoms with Gasteiger partial charge in [-0.3, -0.25) is 0 Å². The second-order valence-electron chi connectivity index (χ2n) is 4.17. The summed E-state index contributed by atoms with van der Waals surface area (Å²) < 4.78 is 12.9. The molecular weight excluding hydrogens is 229 g/mol. The fourth-order valence-corrected chi connectivity index (χ4v) is 1.46. The Morgan fingerprint density at radius 2 is 2.19 bits per heavy atom. The third-order valence-electron chi connectivity index (χ3n) is 2.83. The Balaban J connectivity index is 2.64. The molecule has 2 N–H and O–H groups in total. The van der Waals surface area contributed by atoms with E-state index >= 15 is 0 Å². The zero-order valence-electron chi connectivity index (χ0n) is 9.56. The maximum Gasteiger partial charge on any atom is 0.141 e. The van der Waals surface area contributed by atoms with E-state index in [0.717, 1.165) is 12.0 Å². The van der Waals surface area contributed by atoms with Crippen molar-refractivity contribution in [3.63, 3.8) is 0 Å². The molecule has 2 nitrogen and oxygen atoms in total. The summed E-state index contributed by atoms with van der Waals surface area (Å²) in [6.07, 6.45) is 0.818. The molecule has 16 heavy (non-hydrogen) atoms. The number of halogens is 2. The fraction of sp³-hybridized carbons (Fsp3) is 0.500. The van der Waals surface area contributed by atoms with Gasteiger partial charge < -0.3 is 10.4 Å². The van der Waals surface area contributed by atoms with Crippen LogP contribution in [0.5, 0.6) is 0 Å².